The standard InChI is InChI=1S/C10H6ClN3/c11-10-9(5-6-12)13-7-3-1-2-4-8(7)14-10/h1-5,13H. The van der Waals surface area contributed by atoms with Crippen molar-refractivity contribution in [2.45, 2.75) is 0 Å². The average molecular weight is 204 g/mol. The van der Waals surface area contributed by atoms with Crippen molar-refractivity contribution in [2.24, 2.45) is 4.99 Å². The van der Waals surface area contributed by atoms with Gasteiger partial charge >= 0.3 is 0 Å². The highest BCUT2D eigenvalue weighted by Crippen LogP contribution is 2.31. The summed E-state index contributed by atoms with van der Waals surface area (Å²) in [6.07, 6.45) is 1.34. The van der Waals surface area contributed by atoms with E-state index in [1.165, 1.54) is 6.08 Å². The Balaban J connectivity index is 2.50. The number of allylic oxidation sites excluding steroid dienone is 2. The maximum Gasteiger partial charge on any atom is 0.153 e. The molecule has 1 heterocycles. The Kier molecular flexibility index (Phi) is 2.21. The van der Waals surface area contributed by atoms with E-state index in [9.17, 15) is 0 Å². The first kappa shape index (κ1) is 8.79. The zero-order valence-corrected chi connectivity index (χ0v) is 7.92. The third kappa shape index (κ3) is 1.48. The lowest BCUT2D eigenvalue weighted by atomic mass is 10.2. The molecular formula is C10H6ClN3. The highest BCUT2D eigenvalue weighted by atomic mass is 35.5. The van der Waals surface area contributed by atoms with E-state index in [1.807, 2.05) is 30.3 Å². The number of para-hydroxylation sites is 2. The summed E-state index contributed by atoms with van der Waals surface area (Å²) in [5, 5.41) is 11.8. The Morgan fingerprint density at radius 3 is 3.00 bits per heavy atom. The Morgan fingerprint density at radius 2 is 2.21 bits per heavy atom. The first-order chi connectivity index (χ1) is 6.81. The van der Waals surface area contributed by atoms with Gasteiger partial charge in [0.05, 0.1) is 23.1 Å². The van der Waals surface area contributed by atoms with Crippen LogP contribution in [0.3, 0.4) is 0 Å². The van der Waals surface area contributed by atoms with Crippen LogP contribution in [-0.2, 0) is 0 Å². The van der Waals surface area contributed by atoms with Gasteiger partial charge in [-0.15, -0.1) is 0 Å². The Hall–Kier alpha value is -1.79. The van der Waals surface area contributed by atoms with Crippen LogP contribution in [0.15, 0.2) is 41.0 Å². The lowest BCUT2D eigenvalue weighted by molar-refractivity contribution is 1.40. The SMILES string of the molecule is N#CC=C1Nc2ccccc2N=C1Cl. The number of nitrogens with zero attached hydrogens (tertiary/aromatic N) is 2. The zero-order valence-electron chi connectivity index (χ0n) is 7.16. The van der Waals surface area contributed by atoms with Crippen LogP contribution in [0, 0.1) is 11.3 Å². The van der Waals surface area contributed by atoms with Crippen molar-refractivity contribution < 1.29 is 0 Å². The topological polar surface area (TPSA) is 48.2 Å². The summed E-state index contributed by atoms with van der Waals surface area (Å²) >= 11 is 5.86. The van der Waals surface area contributed by atoms with Crippen molar-refractivity contribution in [3.8, 4) is 6.07 Å². The molecule has 14 heavy (non-hydrogen) atoms. The third-order valence-electron chi connectivity index (χ3n) is 1.82. The summed E-state index contributed by atoms with van der Waals surface area (Å²) in [6.45, 7) is 0. The maximum atomic E-state index is 8.50. The normalized spacial score (nSPS) is 16.6. The van der Waals surface area contributed by atoms with Gasteiger partial charge in [0.15, 0.2) is 5.17 Å². The minimum Gasteiger partial charge on any atom is -0.351 e. The van der Waals surface area contributed by atoms with Crippen molar-refractivity contribution in [1.82, 2.24) is 0 Å². The van der Waals surface area contributed by atoms with E-state index in [0.29, 0.717) is 10.9 Å². The van der Waals surface area contributed by atoms with Gasteiger partial charge in [-0.05, 0) is 12.1 Å². The van der Waals surface area contributed by atoms with Crippen LogP contribution in [0.4, 0.5) is 11.4 Å². The van der Waals surface area contributed by atoms with Gasteiger partial charge < -0.3 is 5.32 Å². The van der Waals surface area contributed by atoms with E-state index in [-0.39, 0.29) is 0 Å². The summed E-state index contributed by atoms with van der Waals surface area (Å²) in [7, 11) is 0. The molecule has 1 aliphatic heterocycles. The predicted octanol–water partition coefficient (Wildman–Crippen LogP) is 2.79. The number of anilines is 1. The van der Waals surface area contributed by atoms with Crippen LogP contribution in [0.25, 0.3) is 0 Å². The molecule has 3 nitrogen and oxygen atoms in total. The molecule has 68 valence electrons. The lowest BCUT2D eigenvalue weighted by Gasteiger charge is -2.15. The number of aliphatic imine (C=N–C) groups is 1. The van der Waals surface area contributed by atoms with E-state index >= 15 is 0 Å². The summed E-state index contributed by atoms with van der Waals surface area (Å²) in [4.78, 5) is 4.15. The van der Waals surface area contributed by atoms with Gasteiger partial charge in [0.2, 0.25) is 0 Å². The van der Waals surface area contributed by atoms with Crippen LogP contribution in [0.5, 0.6) is 0 Å². The van der Waals surface area contributed by atoms with Crippen molar-refractivity contribution in [2.75, 3.05) is 5.32 Å². The third-order valence-corrected chi connectivity index (χ3v) is 2.11. The number of hydrogen-bond acceptors (Lipinski definition) is 3. The van der Waals surface area contributed by atoms with Crippen LogP contribution in [0.2, 0.25) is 0 Å². The number of nitrogens with one attached hydrogen (secondary N) is 1. The van der Waals surface area contributed by atoms with Crippen LogP contribution >= 0.6 is 11.6 Å². The van der Waals surface area contributed by atoms with Crippen molar-refractivity contribution in [3.05, 3.63) is 36.0 Å². The summed E-state index contributed by atoms with van der Waals surface area (Å²) in [6, 6.07) is 9.42. The van der Waals surface area contributed by atoms with E-state index in [2.05, 4.69) is 10.3 Å². The van der Waals surface area contributed by atoms with Gasteiger partial charge in [0.1, 0.15) is 0 Å². The largest absolute Gasteiger partial charge is 0.351 e. The zero-order chi connectivity index (χ0) is 9.97. The number of hydrogen-bond donors (Lipinski definition) is 1. The Morgan fingerprint density at radius 1 is 1.43 bits per heavy atom. The predicted molar refractivity (Wildman–Crippen MR) is 56.7 cm³/mol. The molecule has 0 spiro atoms. The van der Waals surface area contributed by atoms with Crippen LogP contribution in [-0.4, -0.2) is 5.17 Å². The number of nitriles is 1. The van der Waals surface area contributed by atoms with Crippen LogP contribution in [0.1, 0.15) is 0 Å². The molecule has 0 aliphatic carbocycles. The minimum absolute atomic E-state index is 0.310. The fraction of sp³-hybridized carbons (Fsp3) is 0. The van der Waals surface area contributed by atoms with E-state index < -0.39 is 0 Å². The van der Waals surface area contributed by atoms with Gasteiger partial charge in [-0.1, -0.05) is 23.7 Å². The van der Waals surface area contributed by atoms with Gasteiger partial charge in [-0.25, -0.2) is 4.99 Å². The molecule has 1 aromatic carbocycles. The second-order valence-electron chi connectivity index (χ2n) is 2.73. The highest BCUT2D eigenvalue weighted by Gasteiger charge is 2.13. The molecule has 0 aromatic heterocycles. The van der Waals surface area contributed by atoms with Gasteiger partial charge in [0.25, 0.3) is 0 Å². The van der Waals surface area contributed by atoms with E-state index in [4.69, 9.17) is 16.9 Å². The van der Waals surface area contributed by atoms with Crippen molar-refractivity contribution >= 4 is 28.1 Å². The molecule has 0 atom stereocenters. The molecule has 0 radical (unpaired) electrons. The fourth-order valence-corrected chi connectivity index (χ4v) is 1.39. The molecule has 1 N–H and O–H groups in total. The molecule has 0 bridgehead atoms. The average Bonchev–Trinajstić information content (AvgIpc) is 2.19. The summed E-state index contributed by atoms with van der Waals surface area (Å²) in [5.74, 6) is 0. The summed E-state index contributed by atoms with van der Waals surface area (Å²) in [5.41, 5.74) is 2.18. The fourth-order valence-electron chi connectivity index (χ4n) is 1.20. The molecule has 0 fully saturated rings. The molecular weight excluding hydrogens is 198 g/mol. The maximum absolute atomic E-state index is 8.50. The lowest BCUT2D eigenvalue weighted by Crippen LogP contribution is -2.10. The molecule has 1 aliphatic rings. The highest BCUT2D eigenvalue weighted by molar-refractivity contribution is 6.70. The molecule has 0 amide bonds. The molecule has 1 aromatic rings. The first-order valence-corrected chi connectivity index (χ1v) is 4.39. The number of halogens is 1. The van der Waals surface area contributed by atoms with Crippen molar-refractivity contribution in [3.63, 3.8) is 0 Å². The van der Waals surface area contributed by atoms with Gasteiger partial charge in [0, 0.05) is 6.08 Å². The monoisotopic (exact) mass is 203 g/mol. The second kappa shape index (κ2) is 3.52. The van der Waals surface area contributed by atoms with Gasteiger partial charge in [-0.3, -0.25) is 0 Å². The van der Waals surface area contributed by atoms with Crippen molar-refractivity contribution in [1.29, 1.82) is 5.26 Å². The Bertz CT molecular complexity index is 469. The number of rotatable bonds is 0. The molecule has 0 unspecified atom stereocenters. The van der Waals surface area contributed by atoms with Crippen LogP contribution < -0.4 is 5.32 Å². The van der Waals surface area contributed by atoms with Gasteiger partial charge in [-0.2, -0.15) is 5.26 Å². The number of benzene rings is 1. The second-order valence-corrected chi connectivity index (χ2v) is 3.09. The van der Waals surface area contributed by atoms with E-state index in [1.54, 1.807) is 0 Å². The molecule has 2 rings (SSSR count). The molecule has 0 saturated heterocycles. The molecule has 4 heteroatoms. The molecule has 0 saturated carbocycles. The van der Waals surface area contributed by atoms with E-state index in [0.717, 1.165) is 11.4 Å². The quantitative estimate of drug-likeness (QED) is 0.659. The smallest absolute Gasteiger partial charge is 0.153 e. The number of fused-ring (bicyclic) bond motifs is 1. The Labute approximate surface area is 86.3 Å². The summed E-state index contributed by atoms with van der Waals surface area (Å²) < 4.78 is 0. The minimum atomic E-state index is 0.310. The first-order valence-electron chi connectivity index (χ1n) is 4.01.